The van der Waals surface area contributed by atoms with Gasteiger partial charge in [-0.15, -0.1) is 0 Å². The normalized spacial score (nSPS) is 18.1. The number of fused-ring (bicyclic) bond motifs is 1. The van der Waals surface area contributed by atoms with Crippen molar-refractivity contribution in [2.75, 3.05) is 33.4 Å². The van der Waals surface area contributed by atoms with E-state index in [1.165, 1.54) is 11.1 Å². The fraction of sp³-hybridized carbons (Fsp3) is 0.481. The largest absolute Gasteiger partial charge is 0.484 e. The van der Waals surface area contributed by atoms with Crippen LogP contribution in [0, 0.1) is 12.8 Å². The first kappa shape index (κ1) is 23.3. The Morgan fingerprint density at radius 1 is 1.09 bits per heavy atom. The fourth-order valence-electron chi connectivity index (χ4n) is 4.93. The van der Waals surface area contributed by atoms with Gasteiger partial charge in [-0.25, -0.2) is 0 Å². The van der Waals surface area contributed by atoms with Gasteiger partial charge in [-0.05, 0) is 55.0 Å². The van der Waals surface area contributed by atoms with Gasteiger partial charge in [-0.1, -0.05) is 48.7 Å². The van der Waals surface area contributed by atoms with Gasteiger partial charge in [-0.2, -0.15) is 0 Å². The maximum Gasteiger partial charge on any atom is 0.258 e. The lowest BCUT2D eigenvalue weighted by Crippen LogP contribution is -2.43. The molecule has 1 unspecified atom stereocenters. The van der Waals surface area contributed by atoms with E-state index < -0.39 is 0 Å². The summed E-state index contributed by atoms with van der Waals surface area (Å²) in [6, 6.07) is 14.3. The second-order valence-electron chi connectivity index (χ2n) is 9.07. The van der Waals surface area contributed by atoms with Crippen LogP contribution >= 0.6 is 0 Å². The molecule has 0 bridgehead atoms. The monoisotopic (exact) mass is 450 g/mol. The van der Waals surface area contributed by atoms with Crippen molar-refractivity contribution in [2.45, 2.75) is 45.1 Å². The highest BCUT2D eigenvalue weighted by Gasteiger charge is 2.36. The van der Waals surface area contributed by atoms with Gasteiger partial charge in [0.2, 0.25) is 5.91 Å². The lowest BCUT2D eigenvalue weighted by molar-refractivity contribution is -0.137. The number of ether oxygens (including phenoxy) is 2. The van der Waals surface area contributed by atoms with Gasteiger partial charge >= 0.3 is 0 Å². The summed E-state index contributed by atoms with van der Waals surface area (Å²) in [4.78, 5) is 27.6. The molecule has 33 heavy (non-hydrogen) atoms. The SMILES string of the molecule is COCCNC(=O)COc1ccc2c(c1)C(c1ccc(C)cc1)N(C(=O)C1CCCC1)CC2. The first-order chi connectivity index (χ1) is 16.1. The van der Waals surface area contributed by atoms with E-state index >= 15 is 0 Å². The van der Waals surface area contributed by atoms with Crippen LogP contribution in [0.2, 0.25) is 0 Å². The molecular weight excluding hydrogens is 416 g/mol. The molecule has 0 aromatic heterocycles. The maximum absolute atomic E-state index is 13.5. The average molecular weight is 451 g/mol. The zero-order chi connectivity index (χ0) is 23.2. The Morgan fingerprint density at radius 3 is 2.58 bits per heavy atom. The van der Waals surface area contributed by atoms with Crippen LogP contribution in [0.3, 0.4) is 0 Å². The number of amides is 2. The van der Waals surface area contributed by atoms with Crippen molar-refractivity contribution in [3.05, 3.63) is 64.7 Å². The van der Waals surface area contributed by atoms with E-state index in [0.29, 0.717) is 18.9 Å². The van der Waals surface area contributed by atoms with Crippen LogP contribution in [0.4, 0.5) is 0 Å². The number of hydrogen-bond donors (Lipinski definition) is 1. The summed E-state index contributed by atoms with van der Waals surface area (Å²) in [5.41, 5.74) is 4.63. The van der Waals surface area contributed by atoms with E-state index in [1.807, 2.05) is 12.1 Å². The molecule has 0 saturated heterocycles. The number of carbonyl (C=O) groups is 2. The lowest BCUT2D eigenvalue weighted by atomic mass is 9.86. The molecule has 4 rings (SSSR count). The molecule has 1 aliphatic heterocycles. The highest BCUT2D eigenvalue weighted by Crippen LogP contribution is 2.39. The van der Waals surface area contributed by atoms with E-state index in [-0.39, 0.29) is 30.4 Å². The second kappa shape index (κ2) is 10.8. The van der Waals surface area contributed by atoms with Gasteiger partial charge in [0.15, 0.2) is 6.61 Å². The van der Waals surface area contributed by atoms with E-state index in [0.717, 1.165) is 49.8 Å². The van der Waals surface area contributed by atoms with Crippen LogP contribution in [0.1, 0.15) is 54.0 Å². The number of carbonyl (C=O) groups excluding carboxylic acids is 2. The first-order valence-corrected chi connectivity index (χ1v) is 11.9. The van der Waals surface area contributed by atoms with Crippen LogP contribution in [-0.2, 0) is 20.7 Å². The third-order valence-corrected chi connectivity index (χ3v) is 6.72. The molecule has 2 aliphatic rings. The summed E-state index contributed by atoms with van der Waals surface area (Å²) in [6.07, 6.45) is 5.09. The Morgan fingerprint density at radius 2 is 1.85 bits per heavy atom. The molecule has 6 nitrogen and oxygen atoms in total. The van der Waals surface area contributed by atoms with E-state index in [2.05, 4.69) is 47.5 Å². The Hall–Kier alpha value is -2.86. The summed E-state index contributed by atoms with van der Waals surface area (Å²) >= 11 is 0. The smallest absolute Gasteiger partial charge is 0.258 e. The van der Waals surface area contributed by atoms with Gasteiger partial charge in [0.25, 0.3) is 5.91 Å². The van der Waals surface area contributed by atoms with Crippen molar-refractivity contribution in [3.63, 3.8) is 0 Å². The molecule has 1 atom stereocenters. The topological polar surface area (TPSA) is 67.9 Å². The number of nitrogens with zero attached hydrogens (tertiary/aromatic N) is 1. The van der Waals surface area contributed by atoms with Crippen molar-refractivity contribution >= 4 is 11.8 Å². The summed E-state index contributed by atoms with van der Waals surface area (Å²) in [5.74, 6) is 0.864. The fourth-order valence-corrected chi connectivity index (χ4v) is 4.93. The van der Waals surface area contributed by atoms with Crippen LogP contribution in [0.5, 0.6) is 5.75 Å². The standard InChI is InChI=1S/C27H34N2O4/c1-19-7-9-21(10-8-19)26-24-17-23(33-18-25(30)28-14-16-32-2)12-11-20(24)13-15-29(26)27(31)22-5-3-4-6-22/h7-12,17,22,26H,3-6,13-16,18H2,1-2H3,(H,28,30). The average Bonchev–Trinajstić information content (AvgIpc) is 3.37. The van der Waals surface area contributed by atoms with Crippen molar-refractivity contribution in [1.82, 2.24) is 10.2 Å². The zero-order valence-corrected chi connectivity index (χ0v) is 19.6. The molecule has 2 amide bonds. The zero-order valence-electron chi connectivity index (χ0n) is 19.6. The van der Waals surface area contributed by atoms with Gasteiger partial charge in [0, 0.05) is 26.1 Å². The van der Waals surface area contributed by atoms with Crippen LogP contribution in [-0.4, -0.2) is 50.1 Å². The summed E-state index contributed by atoms with van der Waals surface area (Å²) in [5, 5.41) is 2.77. The van der Waals surface area contributed by atoms with Crippen molar-refractivity contribution < 1.29 is 19.1 Å². The highest BCUT2D eigenvalue weighted by atomic mass is 16.5. The molecule has 1 heterocycles. The summed E-state index contributed by atoms with van der Waals surface area (Å²) in [7, 11) is 1.60. The van der Waals surface area contributed by atoms with Crippen LogP contribution in [0.15, 0.2) is 42.5 Å². The van der Waals surface area contributed by atoms with Crippen molar-refractivity contribution in [1.29, 1.82) is 0 Å². The Labute approximate surface area is 196 Å². The van der Waals surface area contributed by atoms with Gasteiger partial charge < -0.3 is 19.7 Å². The molecule has 2 aromatic rings. The molecule has 1 N–H and O–H groups in total. The molecule has 1 aliphatic carbocycles. The minimum absolute atomic E-state index is 0.0532. The molecule has 0 spiro atoms. The van der Waals surface area contributed by atoms with E-state index in [9.17, 15) is 9.59 Å². The van der Waals surface area contributed by atoms with Crippen LogP contribution in [0.25, 0.3) is 0 Å². The van der Waals surface area contributed by atoms with Gasteiger partial charge in [-0.3, -0.25) is 9.59 Å². The molecule has 2 aromatic carbocycles. The number of hydrogen-bond acceptors (Lipinski definition) is 4. The quantitative estimate of drug-likeness (QED) is 0.621. The Bertz CT molecular complexity index is 967. The lowest BCUT2D eigenvalue weighted by Gasteiger charge is -2.39. The Balaban J connectivity index is 1.59. The summed E-state index contributed by atoms with van der Waals surface area (Å²) in [6.45, 7) is 3.67. The summed E-state index contributed by atoms with van der Waals surface area (Å²) < 4.78 is 10.8. The third kappa shape index (κ3) is 5.56. The van der Waals surface area contributed by atoms with Crippen molar-refractivity contribution in [3.8, 4) is 5.75 Å². The van der Waals surface area contributed by atoms with Crippen LogP contribution < -0.4 is 10.1 Å². The molecule has 0 radical (unpaired) electrons. The Kier molecular flexibility index (Phi) is 7.65. The first-order valence-electron chi connectivity index (χ1n) is 11.9. The predicted octanol–water partition coefficient (Wildman–Crippen LogP) is 3.80. The van der Waals surface area contributed by atoms with E-state index in [1.54, 1.807) is 7.11 Å². The highest BCUT2D eigenvalue weighted by molar-refractivity contribution is 5.80. The number of nitrogens with one attached hydrogen (secondary N) is 1. The van der Waals surface area contributed by atoms with Crippen molar-refractivity contribution in [2.24, 2.45) is 5.92 Å². The maximum atomic E-state index is 13.5. The number of rotatable bonds is 8. The minimum Gasteiger partial charge on any atom is -0.484 e. The predicted molar refractivity (Wildman–Crippen MR) is 127 cm³/mol. The number of methoxy groups -OCH3 is 1. The molecule has 1 fully saturated rings. The molecule has 6 heteroatoms. The van der Waals surface area contributed by atoms with Gasteiger partial charge in [0.05, 0.1) is 12.6 Å². The third-order valence-electron chi connectivity index (χ3n) is 6.72. The molecular formula is C27H34N2O4. The molecule has 1 saturated carbocycles. The molecule has 176 valence electrons. The minimum atomic E-state index is -0.183. The second-order valence-corrected chi connectivity index (χ2v) is 9.07. The van der Waals surface area contributed by atoms with Gasteiger partial charge in [0.1, 0.15) is 5.75 Å². The number of benzene rings is 2. The van der Waals surface area contributed by atoms with E-state index in [4.69, 9.17) is 9.47 Å². The number of aryl methyl sites for hydroxylation is 1.